The molecule has 1 aromatic carbocycles. The summed E-state index contributed by atoms with van der Waals surface area (Å²) in [4.78, 5) is 16.2. The van der Waals surface area contributed by atoms with Gasteiger partial charge in [-0.25, -0.2) is 14.1 Å². The number of aromatic nitrogens is 3. The van der Waals surface area contributed by atoms with Crippen molar-refractivity contribution in [2.75, 3.05) is 13.2 Å². The molecule has 0 atom stereocenters. The van der Waals surface area contributed by atoms with E-state index >= 15 is 0 Å². The molecule has 2 aromatic rings. The van der Waals surface area contributed by atoms with E-state index in [0.717, 1.165) is 6.42 Å². The molecule has 0 radical (unpaired) electrons. The standard InChI is InChI=1S/C15H19FN4O2/c1-2-6-13-18-14(15(22)17-9-5-10-21)19-20(13)12-8-4-3-7-11(12)16/h3-4,7-8,21H,2,5-6,9-10H2,1H3,(H,17,22). The Balaban J connectivity index is 2.30. The number of amides is 1. The Morgan fingerprint density at radius 3 is 2.86 bits per heavy atom. The number of carbonyl (C=O) groups excluding carboxylic acids is 1. The first kappa shape index (κ1) is 16.1. The van der Waals surface area contributed by atoms with Gasteiger partial charge in [-0.2, -0.15) is 0 Å². The number of halogens is 1. The van der Waals surface area contributed by atoms with E-state index in [2.05, 4.69) is 15.4 Å². The van der Waals surface area contributed by atoms with Gasteiger partial charge in [-0.15, -0.1) is 5.10 Å². The van der Waals surface area contributed by atoms with Crippen LogP contribution in [0, 0.1) is 5.82 Å². The number of aryl methyl sites for hydroxylation is 1. The maximum Gasteiger partial charge on any atom is 0.290 e. The van der Waals surface area contributed by atoms with Crippen molar-refractivity contribution in [2.45, 2.75) is 26.2 Å². The van der Waals surface area contributed by atoms with Gasteiger partial charge in [-0.1, -0.05) is 19.1 Å². The molecule has 0 spiro atoms. The second kappa shape index (κ2) is 7.65. The van der Waals surface area contributed by atoms with E-state index in [1.54, 1.807) is 18.2 Å². The Bertz CT molecular complexity index is 642. The predicted octanol–water partition coefficient (Wildman–Crippen LogP) is 1.47. The highest BCUT2D eigenvalue weighted by molar-refractivity contribution is 5.90. The topological polar surface area (TPSA) is 80.0 Å². The van der Waals surface area contributed by atoms with Gasteiger partial charge in [0.25, 0.3) is 5.91 Å². The van der Waals surface area contributed by atoms with Crippen LogP contribution in [-0.4, -0.2) is 38.9 Å². The molecule has 0 bridgehead atoms. The SMILES string of the molecule is CCCc1nc(C(=O)NCCCO)nn1-c1ccccc1F. The van der Waals surface area contributed by atoms with Gasteiger partial charge < -0.3 is 10.4 Å². The van der Waals surface area contributed by atoms with Gasteiger partial charge in [0.15, 0.2) is 0 Å². The molecule has 22 heavy (non-hydrogen) atoms. The Kier molecular flexibility index (Phi) is 5.60. The maximum atomic E-state index is 13.9. The van der Waals surface area contributed by atoms with Gasteiger partial charge in [0.05, 0.1) is 0 Å². The van der Waals surface area contributed by atoms with Gasteiger partial charge in [0.2, 0.25) is 5.82 Å². The average Bonchev–Trinajstić information content (AvgIpc) is 2.92. The zero-order valence-electron chi connectivity index (χ0n) is 12.4. The van der Waals surface area contributed by atoms with Crippen molar-refractivity contribution in [3.63, 3.8) is 0 Å². The van der Waals surface area contributed by atoms with E-state index in [1.165, 1.54) is 10.7 Å². The summed E-state index contributed by atoms with van der Waals surface area (Å²) in [6.45, 7) is 2.31. The van der Waals surface area contributed by atoms with Crippen LogP contribution in [0.1, 0.15) is 36.2 Å². The van der Waals surface area contributed by atoms with E-state index < -0.39 is 11.7 Å². The molecule has 0 aliphatic carbocycles. The molecule has 2 rings (SSSR count). The lowest BCUT2D eigenvalue weighted by molar-refractivity contribution is 0.0940. The summed E-state index contributed by atoms with van der Waals surface area (Å²) in [7, 11) is 0. The molecule has 1 amide bonds. The number of hydrogen-bond donors (Lipinski definition) is 2. The molecule has 0 saturated carbocycles. The van der Waals surface area contributed by atoms with Crippen LogP contribution in [0.15, 0.2) is 24.3 Å². The average molecular weight is 306 g/mol. The Hall–Kier alpha value is -2.28. The van der Waals surface area contributed by atoms with Crippen molar-refractivity contribution in [3.8, 4) is 5.69 Å². The zero-order chi connectivity index (χ0) is 15.9. The van der Waals surface area contributed by atoms with Crippen molar-refractivity contribution in [1.82, 2.24) is 20.1 Å². The first-order valence-electron chi connectivity index (χ1n) is 7.27. The molecular formula is C15H19FN4O2. The summed E-state index contributed by atoms with van der Waals surface area (Å²) in [5.74, 6) is -0.303. The summed E-state index contributed by atoms with van der Waals surface area (Å²) in [5.41, 5.74) is 0.271. The smallest absolute Gasteiger partial charge is 0.290 e. The normalized spacial score (nSPS) is 10.7. The molecule has 0 fully saturated rings. The largest absolute Gasteiger partial charge is 0.396 e. The summed E-state index contributed by atoms with van der Waals surface area (Å²) in [6, 6.07) is 6.24. The number of aliphatic hydroxyl groups is 1. The molecule has 0 unspecified atom stereocenters. The highest BCUT2D eigenvalue weighted by atomic mass is 19.1. The van der Waals surface area contributed by atoms with Crippen LogP contribution >= 0.6 is 0 Å². The first-order chi connectivity index (χ1) is 10.7. The fraction of sp³-hybridized carbons (Fsp3) is 0.400. The lowest BCUT2D eigenvalue weighted by atomic mass is 10.3. The van der Waals surface area contributed by atoms with Crippen LogP contribution in [0.3, 0.4) is 0 Å². The summed E-state index contributed by atoms with van der Waals surface area (Å²) >= 11 is 0. The quantitative estimate of drug-likeness (QED) is 0.759. The Morgan fingerprint density at radius 2 is 2.18 bits per heavy atom. The van der Waals surface area contributed by atoms with Crippen molar-refractivity contribution < 1.29 is 14.3 Å². The minimum absolute atomic E-state index is 0.00153. The van der Waals surface area contributed by atoms with Crippen molar-refractivity contribution in [1.29, 1.82) is 0 Å². The monoisotopic (exact) mass is 306 g/mol. The molecule has 1 aromatic heterocycles. The lowest BCUT2D eigenvalue weighted by Crippen LogP contribution is -2.26. The third kappa shape index (κ3) is 3.67. The van der Waals surface area contributed by atoms with E-state index in [-0.39, 0.29) is 18.1 Å². The number of benzene rings is 1. The maximum absolute atomic E-state index is 13.9. The van der Waals surface area contributed by atoms with Gasteiger partial charge in [-0.3, -0.25) is 4.79 Å². The predicted molar refractivity (Wildman–Crippen MR) is 79.3 cm³/mol. The number of nitrogens with one attached hydrogen (secondary N) is 1. The molecule has 1 heterocycles. The van der Waals surface area contributed by atoms with Crippen molar-refractivity contribution >= 4 is 5.91 Å². The van der Waals surface area contributed by atoms with Crippen LogP contribution in [-0.2, 0) is 6.42 Å². The van der Waals surface area contributed by atoms with Crippen molar-refractivity contribution in [2.24, 2.45) is 0 Å². The molecule has 0 aliphatic heterocycles. The van der Waals surface area contributed by atoms with Gasteiger partial charge >= 0.3 is 0 Å². The van der Waals surface area contributed by atoms with E-state index in [1.807, 2.05) is 6.92 Å². The first-order valence-corrected chi connectivity index (χ1v) is 7.27. The summed E-state index contributed by atoms with van der Waals surface area (Å²) in [5, 5.41) is 15.5. The van der Waals surface area contributed by atoms with Crippen LogP contribution in [0.25, 0.3) is 5.69 Å². The molecule has 0 saturated heterocycles. The van der Waals surface area contributed by atoms with Crippen LogP contribution in [0.4, 0.5) is 4.39 Å². The molecule has 6 nitrogen and oxygen atoms in total. The van der Waals surface area contributed by atoms with Gasteiger partial charge in [-0.05, 0) is 25.0 Å². The Labute approximate surface area is 128 Å². The molecule has 0 aliphatic rings. The minimum atomic E-state index is -0.430. The number of aliphatic hydroxyl groups excluding tert-OH is 1. The van der Waals surface area contributed by atoms with Gasteiger partial charge in [0.1, 0.15) is 17.3 Å². The fourth-order valence-electron chi connectivity index (χ4n) is 2.00. The highest BCUT2D eigenvalue weighted by Crippen LogP contribution is 2.15. The number of hydrogen-bond acceptors (Lipinski definition) is 4. The van der Waals surface area contributed by atoms with E-state index in [9.17, 15) is 9.18 Å². The van der Waals surface area contributed by atoms with Crippen LogP contribution in [0.2, 0.25) is 0 Å². The van der Waals surface area contributed by atoms with Crippen molar-refractivity contribution in [3.05, 3.63) is 41.7 Å². The molecular weight excluding hydrogens is 287 g/mol. The number of para-hydroxylation sites is 1. The third-order valence-corrected chi connectivity index (χ3v) is 3.05. The molecule has 2 N–H and O–H groups in total. The number of rotatable bonds is 7. The second-order valence-corrected chi connectivity index (χ2v) is 4.80. The third-order valence-electron chi connectivity index (χ3n) is 3.05. The van der Waals surface area contributed by atoms with Crippen LogP contribution < -0.4 is 5.32 Å². The van der Waals surface area contributed by atoms with Gasteiger partial charge in [0, 0.05) is 19.6 Å². The second-order valence-electron chi connectivity index (χ2n) is 4.80. The molecule has 7 heteroatoms. The van der Waals surface area contributed by atoms with E-state index in [0.29, 0.717) is 25.2 Å². The molecule has 118 valence electrons. The lowest BCUT2D eigenvalue weighted by Gasteiger charge is -2.05. The summed E-state index contributed by atoms with van der Waals surface area (Å²) < 4.78 is 15.3. The number of carbonyl (C=O) groups is 1. The minimum Gasteiger partial charge on any atom is -0.396 e. The zero-order valence-corrected chi connectivity index (χ0v) is 12.4. The Morgan fingerprint density at radius 1 is 1.41 bits per heavy atom. The fourth-order valence-corrected chi connectivity index (χ4v) is 2.00. The summed E-state index contributed by atoms with van der Waals surface area (Å²) in [6.07, 6.45) is 1.85. The van der Waals surface area contributed by atoms with Crippen LogP contribution in [0.5, 0.6) is 0 Å². The number of nitrogens with zero attached hydrogens (tertiary/aromatic N) is 3. The highest BCUT2D eigenvalue weighted by Gasteiger charge is 2.18. The van der Waals surface area contributed by atoms with E-state index in [4.69, 9.17) is 5.11 Å².